The first-order chi connectivity index (χ1) is 11.5. The summed E-state index contributed by atoms with van der Waals surface area (Å²) in [6, 6.07) is 9.06. The summed E-state index contributed by atoms with van der Waals surface area (Å²) in [6.45, 7) is 12.7. The fourth-order valence-corrected chi connectivity index (χ4v) is 3.64. The van der Waals surface area contributed by atoms with Crippen molar-refractivity contribution in [1.82, 2.24) is 15.1 Å². The van der Waals surface area contributed by atoms with Gasteiger partial charge in [0.05, 0.1) is 6.04 Å². The van der Waals surface area contributed by atoms with Crippen molar-refractivity contribution in [2.45, 2.75) is 32.9 Å². The van der Waals surface area contributed by atoms with Crippen molar-refractivity contribution >= 4 is 11.6 Å². The van der Waals surface area contributed by atoms with Crippen LogP contribution in [0.4, 0.5) is 5.69 Å². The van der Waals surface area contributed by atoms with Crippen LogP contribution in [0.5, 0.6) is 0 Å². The Balaban J connectivity index is 1.55. The van der Waals surface area contributed by atoms with Crippen LogP contribution in [-0.2, 0) is 4.79 Å². The first-order valence-corrected chi connectivity index (χ1v) is 9.12. The molecule has 0 radical (unpaired) electrons. The molecule has 2 aliphatic rings. The molecule has 0 spiro atoms. The zero-order chi connectivity index (χ0) is 17.1. The first-order valence-electron chi connectivity index (χ1n) is 9.12. The van der Waals surface area contributed by atoms with E-state index in [-0.39, 0.29) is 11.9 Å². The average molecular weight is 330 g/mol. The molecule has 5 heteroatoms. The van der Waals surface area contributed by atoms with E-state index in [4.69, 9.17) is 0 Å². The number of hydrogen-bond donors (Lipinski definition) is 1. The molecule has 1 atom stereocenters. The van der Waals surface area contributed by atoms with Crippen LogP contribution in [0.1, 0.15) is 19.4 Å². The average Bonchev–Trinajstić information content (AvgIpc) is 2.61. The lowest BCUT2D eigenvalue weighted by molar-refractivity contribution is -0.135. The standard InChI is InChI=1S/C19H30N4O/c1-15(2)23-8-7-20-18(14-23)19(24)22-11-9-21(10-12-22)17-6-4-5-16(3)13-17/h4-6,13,15,18,20H,7-12,14H2,1-3H3. The largest absolute Gasteiger partial charge is 0.368 e. The van der Waals surface area contributed by atoms with Gasteiger partial charge in [0.1, 0.15) is 0 Å². The number of anilines is 1. The van der Waals surface area contributed by atoms with E-state index in [1.807, 2.05) is 4.90 Å². The summed E-state index contributed by atoms with van der Waals surface area (Å²) in [5, 5.41) is 3.40. The molecule has 1 unspecified atom stereocenters. The number of nitrogens with one attached hydrogen (secondary N) is 1. The van der Waals surface area contributed by atoms with Crippen LogP contribution in [0.2, 0.25) is 0 Å². The molecule has 1 aromatic rings. The molecule has 1 aromatic carbocycles. The third-order valence-electron chi connectivity index (χ3n) is 5.19. The van der Waals surface area contributed by atoms with Crippen LogP contribution in [-0.4, -0.2) is 73.6 Å². The van der Waals surface area contributed by atoms with E-state index < -0.39 is 0 Å². The molecule has 1 amide bonds. The molecule has 24 heavy (non-hydrogen) atoms. The van der Waals surface area contributed by atoms with Crippen molar-refractivity contribution in [1.29, 1.82) is 0 Å². The van der Waals surface area contributed by atoms with Gasteiger partial charge in [0.2, 0.25) is 5.91 Å². The van der Waals surface area contributed by atoms with Gasteiger partial charge in [-0.2, -0.15) is 0 Å². The molecule has 0 aromatic heterocycles. The minimum atomic E-state index is -0.0494. The Hall–Kier alpha value is -1.59. The molecule has 1 N–H and O–H groups in total. The number of hydrogen-bond acceptors (Lipinski definition) is 4. The molecular weight excluding hydrogens is 300 g/mol. The smallest absolute Gasteiger partial charge is 0.241 e. The first kappa shape index (κ1) is 17.2. The van der Waals surface area contributed by atoms with Gasteiger partial charge in [-0.1, -0.05) is 12.1 Å². The zero-order valence-electron chi connectivity index (χ0n) is 15.2. The van der Waals surface area contributed by atoms with Gasteiger partial charge in [-0.15, -0.1) is 0 Å². The molecule has 0 bridgehead atoms. The second kappa shape index (κ2) is 7.53. The van der Waals surface area contributed by atoms with E-state index >= 15 is 0 Å². The summed E-state index contributed by atoms with van der Waals surface area (Å²) in [7, 11) is 0. The molecule has 2 fully saturated rings. The number of nitrogens with zero attached hydrogens (tertiary/aromatic N) is 3. The summed E-state index contributed by atoms with van der Waals surface area (Å²) in [4.78, 5) is 19.6. The molecule has 3 rings (SSSR count). The van der Waals surface area contributed by atoms with Gasteiger partial charge < -0.3 is 15.1 Å². The molecule has 132 valence electrons. The number of carbonyl (C=O) groups excluding carboxylic acids is 1. The highest BCUT2D eigenvalue weighted by Gasteiger charge is 2.31. The van der Waals surface area contributed by atoms with Crippen LogP contribution in [0.25, 0.3) is 0 Å². The second-order valence-electron chi connectivity index (χ2n) is 7.25. The Morgan fingerprint density at radius 2 is 1.92 bits per heavy atom. The van der Waals surface area contributed by atoms with Gasteiger partial charge in [0, 0.05) is 57.5 Å². The van der Waals surface area contributed by atoms with Crippen LogP contribution >= 0.6 is 0 Å². The van der Waals surface area contributed by atoms with E-state index in [1.165, 1.54) is 11.3 Å². The van der Waals surface area contributed by atoms with Gasteiger partial charge in [-0.05, 0) is 38.5 Å². The van der Waals surface area contributed by atoms with Gasteiger partial charge in [0.15, 0.2) is 0 Å². The lowest BCUT2D eigenvalue weighted by atomic mass is 10.1. The van der Waals surface area contributed by atoms with Crippen molar-refractivity contribution in [2.75, 3.05) is 50.7 Å². The Labute approximate surface area is 145 Å². The van der Waals surface area contributed by atoms with Crippen molar-refractivity contribution in [2.24, 2.45) is 0 Å². The van der Waals surface area contributed by atoms with Crippen LogP contribution in [0, 0.1) is 6.92 Å². The number of rotatable bonds is 3. The van der Waals surface area contributed by atoms with Gasteiger partial charge in [0.25, 0.3) is 0 Å². The summed E-state index contributed by atoms with van der Waals surface area (Å²) in [5.74, 6) is 0.268. The molecule has 5 nitrogen and oxygen atoms in total. The summed E-state index contributed by atoms with van der Waals surface area (Å²) in [6.07, 6.45) is 0. The van der Waals surface area contributed by atoms with Crippen LogP contribution in [0.15, 0.2) is 24.3 Å². The van der Waals surface area contributed by atoms with Gasteiger partial charge in [-0.3, -0.25) is 9.69 Å². The Morgan fingerprint density at radius 1 is 1.17 bits per heavy atom. The van der Waals surface area contributed by atoms with E-state index in [0.717, 1.165) is 45.8 Å². The number of carbonyl (C=O) groups is 1. The molecule has 2 saturated heterocycles. The molecule has 2 heterocycles. The minimum absolute atomic E-state index is 0.0494. The maximum atomic E-state index is 12.8. The highest BCUT2D eigenvalue weighted by Crippen LogP contribution is 2.18. The van der Waals surface area contributed by atoms with Crippen LogP contribution < -0.4 is 10.2 Å². The zero-order valence-corrected chi connectivity index (χ0v) is 15.2. The third-order valence-corrected chi connectivity index (χ3v) is 5.19. The van der Waals surface area contributed by atoms with E-state index in [2.05, 4.69) is 60.2 Å². The summed E-state index contributed by atoms with van der Waals surface area (Å²) >= 11 is 0. The van der Waals surface area contributed by atoms with E-state index in [0.29, 0.717) is 6.04 Å². The number of amides is 1. The highest BCUT2D eigenvalue weighted by atomic mass is 16.2. The predicted molar refractivity (Wildman–Crippen MR) is 98.5 cm³/mol. The fraction of sp³-hybridized carbons (Fsp3) is 0.632. The SMILES string of the molecule is Cc1cccc(N2CCN(C(=O)C3CN(C(C)C)CCN3)CC2)c1. The lowest BCUT2D eigenvalue weighted by Gasteiger charge is -2.41. The van der Waals surface area contributed by atoms with Gasteiger partial charge >= 0.3 is 0 Å². The molecule has 0 aliphatic carbocycles. The maximum absolute atomic E-state index is 12.8. The topological polar surface area (TPSA) is 38.8 Å². The number of aryl methyl sites for hydroxylation is 1. The molecular formula is C19H30N4O. The van der Waals surface area contributed by atoms with Crippen molar-refractivity contribution in [3.8, 4) is 0 Å². The highest BCUT2D eigenvalue weighted by molar-refractivity contribution is 5.82. The van der Waals surface area contributed by atoms with Gasteiger partial charge in [-0.25, -0.2) is 0 Å². The molecule has 0 saturated carbocycles. The Bertz CT molecular complexity index is 566. The number of benzene rings is 1. The minimum Gasteiger partial charge on any atom is -0.368 e. The van der Waals surface area contributed by atoms with E-state index in [9.17, 15) is 4.79 Å². The summed E-state index contributed by atoms with van der Waals surface area (Å²) in [5.41, 5.74) is 2.55. The van der Waals surface area contributed by atoms with Crippen molar-refractivity contribution in [3.05, 3.63) is 29.8 Å². The Kier molecular flexibility index (Phi) is 5.41. The number of piperazine rings is 2. The maximum Gasteiger partial charge on any atom is 0.241 e. The fourth-order valence-electron chi connectivity index (χ4n) is 3.64. The van der Waals surface area contributed by atoms with Crippen LogP contribution in [0.3, 0.4) is 0 Å². The van der Waals surface area contributed by atoms with E-state index in [1.54, 1.807) is 0 Å². The Morgan fingerprint density at radius 3 is 2.58 bits per heavy atom. The quantitative estimate of drug-likeness (QED) is 0.907. The molecule has 2 aliphatic heterocycles. The lowest BCUT2D eigenvalue weighted by Crippen LogP contribution is -2.61. The summed E-state index contributed by atoms with van der Waals surface area (Å²) < 4.78 is 0. The normalized spacial score (nSPS) is 22.9. The second-order valence-corrected chi connectivity index (χ2v) is 7.25. The van der Waals surface area contributed by atoms with Crippen molar-refractivity contribution in [3.63, 3.8) is 0 Å². The predicted octanol–water partition coefficient (Wildman–Crippen LogP) is 1.33. The third kappa shape index (κ3) is 3.90. The van der Waals surface area contributed by atoms with Crippen molar-refractivity contribution < 1.29 is 4.79 Å². The monoisotopic (exact) mass is 330 g/mol.